The molecule has 0 aliphatic rings. The van der Waals surface area contributed by atoms with Gasteiger partial charge in [0.2, 0.25) is 5.91 Å². The lowest BCUT2D eigenvalue weighted by molar-refractivity contribution is -0.137. The molecule has 1 heterocycles. The minimum Gasteiger partial charge on any atom is -0.506 e. The van der Waals surface area contributed by atoms with Crippen molar-refractivity contribution in [3.05, 3.63) is 34.8 Å². The van der Waals surface area contributed by atoms with Crippen LogP contribution in [-0.2, 0) is 17.4 Å². The first-order valence-electron chi connectivity index (χ1n) is 5.65. The normalized spacial score (nSPS) is 11.4. The molecule has 0 aliphatic heterocycles. The lowest BCUT2D eigenvalue weighted by atomic mass is 10.1. The van der Waals surface area contributed by atoms with E-state index >= 15 is 0 Å². The van der Waals surface area contributed by atoms with Crippen LogP contribution in [0.4, 0.5) is 24.0 Å². The Morgan fingerprint density at radius 3 is 2.71 bits per heavy atom. The Labute approximate surface area is 121 Å². The summed E-state index contributed by atoms with van der Waals surface area (Å²) in [6.45, 7) is 0. The zero-order valence-corrected chi connectivity index (χ0v) is 11.3. The number of nitrogens with two attached hydrogens (primary N) is 1. The molecule has 0 bridgehead atoms. The fourth-order valence-electron chi connectivity index (χ4n) is 1.58. The topological polar surface area (TPSA) is 88.2 Å². The van der Waals surface area contributed by atoms with E-state index in [9.17, 15) is 23.1 Å². The van der Waals surface area contributed by atoms with Crippen molar-refractivity contribution >= 4 is 28.1 Å². The maximum absolute atomic E-state index is 12.6. The number of amides is 1. The maximum Gasteiger partial charge on any atom is 0.416 e. The average molecular weight is 317 g/mol. The first-order valence-corrected chi connectivity index (χ1v) is 6.53. The molecule has 1 aromatic heterocycles. The van der Waals surface area contributed by atoms with Crippen molar-refractivity contribution in [2.75, 3.05) is 11.1 Å². The van der Waals surface area contributed by atoms with Crippen LogP contribution in [0.5, 0.6) is 5.75 Å². The second kappa shape index (κ2) is 5.60. The van der Waals surface area contributed by atoms with E-state index in [1.807, 2.05) is 0 Å². The van der Waals surface area contributed by atoms with Crippen LogP contribution >= 0.6 is 11.3 Å². The number of carbonyl (C=O) groups is 1. The number of phenols is 1. The highest BCUT2D eigenvalue weighted by atomic mass is 32.1. The summed E-state index contributed by atoms with van der Waals surface area (Å²) in [5.41, 5.74) is 4.54. The van der Waals surface area contributed by atoms with Gasteiger partial charge in [-0.25, -0.2) is 4.98 Å². The van der Waals surface area contributed by atoms with Crippen LogP contribution in [0.2, 0.25) is 0 Å². The van der Waals surface area contributed by atoms with E-state index in [1.54, 1.807) is 5.38 Å². The molecule has 0 aliphatic carbocycles. The summed E-state index contributed by atoms with van der Waals surface area (Å²) in [6, 6.07) is 2.27. The molecule has 112 valence electrons. The lowest BCUT2D eigenvalue weighted by Crippen LogP contribution is -2.15. The van der Waals surface area contributed by atoms with Gasteiger partial charge in [0.15, 0.2) is 5.13 Å². The maximum atomic E-state index is 12.6. The van der Waals surface area contributed by atoms with Crippen LogP contribution in [0.1, 0.15) is 11.3 Å². The second-order valence-electron chi connectivity index (χ2n) is 4.13. The molecule has 9 heteroatoms. The van der Waals surface area contributed by atoms with E-state index in [1.165, 1.54) is 0 Å². The molecule has 0 radical (unpaired) electrons. The third-order valence-corrected chi connectivity index (χ3v) is 3.23. The smallest absolute Gasteiger partial charge is 0.416 e. The molecule has 2 aromatic rings. The molecule has 0 unspecified atom stereocenters. The van der Waals surface area contributed by atoms with Crippen LogP contribution in [0.3, 0.4) is 0 Å². The standard InChI is InChI=1S/C12H10F3N3O2S/c13-12(14,15)6-1-2-9(19)8(3-6)18-10(20)4-7-5-21-11(16)17-7/h1-3,5,19H,4H2,(H2,16,17)(H,18,20). The summed E-state index contributed by atoms with van der Waals surface area (Å²) in [5.74, 6) is -1.05. The Kier molecular flexibility index (Phi) is 4.03. The fourth-order valence-corrected chi connectivity index (χ4v) is 2.14. The van der Waals surface area contributed by atoms with Gasteiger partial charge >= 0.3 is 6.18 Å². The third-order valence-electron chi connectivity index (χ3n) is 2.51. The van der Waals surface area contributed by atoms with Crippen molar-refractivity contribution in [1.82, 2.24) is 4.98 Å². The van der Waals surface area contributed by atoms with Crippen molar-refractivity contribution < 1.29 is 23.1 Å². The molecule has 0 atom stereocenters. The highest BCUT2D eigenvalue weighted by Crippen LogP contribution is 2.34. The van der Waals surface area contributed by atoms with Crippen LogP contribution < -0.4 is 11.1 Å². The molecule has 1 amide bonds. The minimum absolute atomic E-state index is 0.149. The van der Waals surface area contributed by atoms with E-state index in [4.69, 9.17) is 5.73 Å². The van der Waals surface area contributed by atoms with Crippen molar-refractivity contribution in [3.63, 3.8) is 0 Å². The van der Waals surface area contributed by atoms with Gasteiger partial charge in [0.1, 0.15) is 5.75 Å². The van der Waals surface area contributed by atoms with Crippen LogP contribution in [0.25, 0.3) is 0 Å². The van der Waals surface area contributed by atoms with Crippen molar-refractivity contribution in [2.45, 2.75) is 12.6 Å². The molecule has 0 saturated carbocycles. The van der Waals surface area contributed by atoms with Gasteiger partial charge in [-0.15, -0.1) is 11.3 Å². The number of carbonyl (C=O) groups excluding carboxylic acids is 1. The summed E-state index contributed by atoms with van der Waals surface area (Å²) in [7, 11) is 0. The Morgan fingerprint density at radius 1 is 1.43 bits per heavy atom. The van der Waals surface area contributed by atoms with Crippen molar-refractivity contribution in [3.8, 4) is 5.75 Å². The summed E-state index contributed by atoms with van der Waals surface area (Å²) >= 11 is 1.15. The SMILES string of the molecule is Nc1nc(CC(=O)Nc2cc(C(F)(F)F)ccc2O)cs1. The first-order chi connectivity index (χ1) is 9.75. The predicted octanol–water partition coefficient (Wildman–Crippen LogP) is 2.63. The number of alkyl halides is 3. The number of hydrogen-bond acceptors (Lipinski definition) is 5. The van der Waals surface area contributed by atoms with Crippen LogP contribution in [0, 0.1) is 0 Å². The number of thiazole rings is 1. The number of halogens is 3. The molecule has 1 aromatic carbocycles. The number of benzene rings is 1. The van der Waals surface area contributed by atoms with Crippen molar-refractivity contribution in [2.24, 2.45) is 0 Å². The Bertz CT molecular complexity index is 670. The number of aromatic nitrogens is 1. The number of anilines is 2. The minimum atomic E-state index is -4.56. The fraction of sp³-hybridized carbons (Fsp3) is 0.167. The summed E-state index contributed by atoms with van der Waals surface area (Å²) in [5, 5.41) is 13.6. The molecule has 2 rings (SSSR count). The van der Waals surface area contributed by atoms with Gasteiger partial charge in [-0.2, -0.15) is 13.2 Å². The number of hydrogen-bond donors (Lipinski definition) is 3. The van der Waals surface area contributed by atoms with E-state index in [-0.39, 0.29) is 12.1 Å². The first kappa shape index (κ1) is 15.1. The number of rotatable bonds is 3. The quantitative estimate of drug-likeness (QED) is 0.759. The number of nitrogens with one attached hydrogen (secondary N) is 1. The van der Waals surface area contributed by atoms with Crippen LogP contribution in [-0.4, -0.2) is 16.0 Å². The zero-order chi connectivity index (χ0) is 15.6. The van der Waals surface area contributed by atoms with Gasteiger partial charge in [-0.05, 0) is 18.2 Å². The summed E-state index contributed by atoms with van der Waals surface area (Å²) in [6.07, 6.45) is -4.71. The predicted molar refractivity (Wildman–Crippen MR) is 72.0 cm³/mol. The van der Waals surface area contributed by atoms with Gasteiger partial charge in [0, 0.05) is 5.38 Å². The van der Waals surface area contributed by atoms with Gasteiger partial charge in [-0.3, -0.25) is 4.79 Å². The van der Waals surface area contributed by atoms with Gasteiger partial charge in [-0.1, -0.05) is 0 Å². The van der Waals surface area contributed by atoms with Gasteiger partial charge in [0.05, 0.1) is 23.4 Å². The largest absolute Gasteiger partial charge is 0.506 e. The van der Waals surface area contributed by atoms with Crippen LogP contribution in [0.15, 0.2) is 23.6 Å². The molecule has 21 heavy (non-hydrogen) atoms. The van der Waals surface area contributed by atoms with Gasteiger partial charge < -0.3 is 16.2 Å². The number of nitrogen functional groups attached to an aromatic ring is 1. The van der Waals surface area contributed by atoms with E-state index in [0.717, 1.165) is 23.5 Å². The Hall–Kier alpha value is -2.29. The van der Waals surface area contributed by atoms with Gasteiger partial charge in [0.25, 0.3) is 0 Å². The lowest BCUT2D eigenvalue weighted by Gasteiger charge is -2.11. The zero-order valence-electron chi connectivity index (χ0n) is 10.4. The summed E-state index contributed by atoms with van der Waals surface area (Å²) in [4.78, 5) is 15.6. The molecule has 4 N–H and O–H groups in total. The van der Waals surface area contributed by atoms with E-state index < -0.39 is 23.4 Å². The molecular formula is C12H10F3N3O2S. The highest BCUT2D eigenvalue weighted by Gasteiger charge is 2.31. The number of phenolic OH excluding ortho intramolecular Hbond substituents is 1. The Balaban J connectivity index is 2.13. The molecule has 0 spiro atoms. The third kappa shape index (κ3) is 3.85. The molecule has 0 saturated heterocycles. The monoisotopic (exact) mass is 317 g/mol. The molecule has 0 fully saturated rings. The second-order valence-corrected chi connectivity index (χ2v) is 5.02. The van der Waals surface area contributed by atoms with E-state index in [2.05, 4.69) is 10.3 Å². The molecular weight excluding hydrogens is 307 g/mol. The highest BCUT2D eigenvalue weighted by molar-refractivity contribution is 7.13. The average Bonchev–Trinajstić information content (AvgIpc) is 2.76. The van der Waals surface area contributed by atoms with Crippen molar-refractivity contribution in [1.29, 1.82) is 0 Å². The molecule has 5 nitrogen and oxygen atoms in total. The number of nitrogens with zero attached hydrogens (tertiary/aromatic N) is 1. The number of aromatic hydroxyl groups is 1. The van der Waals surface area contributed by atoms with E-state index in [0.29, 0.717) is 16.9 Å². The Morgan fingerprint density at radius 2 is 2.14 bits per heavy atom. The summed E-state index contributed by atoms with van der Waals surface area (Å²) < 4.78 is 37.7.